The van der Waals surface area contributed by atoms with Crippen LogP contribution in [0.1, 0.15) is 167 Å². The summed E-state index contributed by atoms with van der Waals surface area (Å²) in [6.07, 6.45) is 4.54. The normalized spacial score (nSPS) is 12.3. The SMILES string of the molecule is C.C.CC(C)c1ccc(Oc2ccccc2)nc1.COc1cc(C(C)C)ccc1CN1CCCC1.Cc1cc(C(C)C)n(C(C)(C)C)n1.Cc1nn(-c2ccccc2)nc1C(C)C. The third-order valence-electron chi connectivity index (χ3n) is 10.4. The lowest BCUT2D eigenvalue weighted by atomic mass is 10.0. The fourth-order valence-electron chi connectivity index (χ4n) is 6.90. The van der Waals surface area contributed by atoms with Crippen LogP contribution in [0, 0.1) is 13.8 Å². The molecule has 9 nitrogen and oxygen atoms in total. The maximum absolute atomic E-state index is 5.60. The van der Waals surface area contributed by atoms with E-state index in [9.17, 15) is 0 Å². The zero-order valence-electron chi connectivity index (χ0n) is 39.6. The minimum absolute atomic E-state index is 0. The number of nitrogens with zero attached hydrogens (tertiary/aromatic N) is 7. The van der Waals surface area contributed by atoms with Gasteiger partial charge in [-0.2, -0.15) is 20.1 Å². The molecule has 0 saturated carbocycles. The standard InChI is InChI=1S/C15H23NO.C14H15NO.C12H15N3.C11H20N2.2CH4/c1-12(2)13-6-7-14(15(10-13)17-3)11-16-8-4-5-9-16;1-11(2)12-8-9-14(15-10-12)16-13-6-4-3-5-7-13;1-9(2)12-10(3)13-15(14-12)11-7-5-4-6-8-11;1-8(2)10-7-9(3)12-13(10)11(4,5)6;;/h6-7,10,12H,4-5,8-9,11H2,1-3H3;3-11H,1-2H3;4-9H,1-3H3;7-8H,1-6H3;2*1H4. The number of para-hydroxylation sites is 2. The number of hydrogen-bond acceptors (Lipinski definition) is 7. The topological polar surface area (TPSA) is 83.1 Å². The van der Waals surface area contributed by atoms with Crippen LogP contribution < -0.4 is 9.47 Å². The molecule has 0 unspecified atom stereocenters. The molecule has 0 amide bonds. The molecule has 344 valence electrons. The molecular formula is C54H81N7O2. The van der Waals surface area contributed by atoms with Gasteiger partial charge in [-0.05, 0) is 132 Å². The average molecular weight is 860 g/mol. The van der Waals surface area contributed by atoms with Crippen molar-refractivity contribution in [3.8, 4) is 23.1 Å². The Bertz CT molecular complexity index is 2160. The largest absolute Gasteiger partial charge is 0.496 e. The second kappa shape index (κ2) is 25.7. The van der Waals surface area contributed by atoms with Crippen molar-refractivity contribution in [2.45, 2.75) is 153 Å². The fraction of sp³-hybridized carbons (Fsp3) is 0.481. The first-order valence-electron chi connectivity index (χ1n) is 22.1. The van der Waals surface area contributed by atoms with Gasteiger partial charge in [0.05, 0.1) is 35.4 Å². The molecule has 3 aromatic carbocycles. The maximum Gasteiger partial charge on any atom is 0.219 e. The van der Waals surface area contributed by atoms with Gasteiger partial charge >= 0.3 is 0 Å². The summed E-state index contributed by atoms with van der Waals surface area (Å²) in [5.74, 6) is 4.51. The van der Waals surface area contributed by atoms with Gasteiger partial charge in [0.1, 0.15) is 11.5 Å². The van der Waals surface area contributed by atoms with E-state index in [0.29, 0.717) is 29.6 Å². The molecule has 1 fully saturated rings. The lowest BCUT2D eigenvalue weighted by molar-refractivity contribution is 0.320. The Morgan fingerprint density at radius 2 is 1.24 bits per heavy atom. The fourth-order valence-corrected chi connectivity index (χ4v) is 6.90. The number of aryl methyl sites for hydroxylation is 2. The van der Waals surface area contributed by atoms with Crippen LogP contribution in [0.5, 0.6) is 17.4 Å². The quantitative estimate of drug-likeness (QED) is 0.136. The van der Waals surface area contributed by atoms with Crippen LogP contribution in [-0.2, 0) is 12.1 Å². The van der Waals surface area contributed by atoms with Gasteiger partial charge in [0.15, 0.2) is 0 Å². The molecule has 4 heterocycles. The van der Waals surface area contributed by atoms with Gasteiger partial charge in [-0.3, -0.25) is 9.58 Å². The Kier molecular flexibility index (Phi) is 22.0. The van der Waals surface area contributed by atoms with Crippen LogP contribution in [0.3, 0.4) is 0 Å². The summed E-state index contributed by atoms with van der Waals surface area (Å²) in [6.45, 7) is 31.5. The Hall–Kier alpha value is -5.28. The summed E-state index contributed by atoms with van der Waals surface area (Å²) >= 11 is 0. The molecule has 9 heteroatoms. The molecule has 0 bridgehead atoms. The first-order chi connectivity index (χ1) is 29.0. The van der Waals surface area contributed by atoms with Crippen LogP contribution >= 0.6 is 0 Å². The highest BCUT2D eigenvalue weighted by Crippen LogP contribution is 2.27. The molecule has 0 atom stereocenters. The predicted octanol–water partition coefficient (Wildman–Crippen LogP) is 14.5. The molecule has 1 saturated heterocycles. The van der Waals surface area contributed by atoms with Crippen LogP contribution in [0.2, 0.25) is 0 Å². The number of hydrogen-bond donors (Lipinski definition) is 0. The van der Waals surface area contributed by atoms with Crippen LogP contribution in [-0.4, -0.2) is 54.9 Å². The Morgan fingerprint density at radius 1 is 0.651 bits per heavy atom. The highest BCUT2D eigenvalue weighted by atomic mass is 16.5. The van der Waals surface area contributed by atoms with Gasteiger partial charge in [0.25, 0.3) is 0 Å². The molecule has 0 radical (unpaired) electrons. The van der Waals surface area contributed by atoms with Crippen molar-refractivity contribution in [3.05, 3.63) is 143 Å². The number of aromatic nitrogens is 6. The van der Waals surface area contributed by atoms with E-state index in [1.807, 2.05) is 86.8 Å². The van der Waals surface area contributed by atoms with E-state index in [-0.39, 0.29) is 20.4 Å². The van der Waals surface area contributed by atoms with Crippen molar-refractivity contribution < 1.29 is 9.47 Å². The average Bonchev–Trinajstić information content (AvgIpc) is 4.00. The molecule has 0 spiro atoms. The highest BCUT2D eigenvalue weighted by Gasteiger charge is 2.20. The summed E-state index contributed by atoms with van der Waals surface area (Å²) < 4.78 is 13.3. The number of pyridine rings is 1. The minimum atomic E-state index is 0. The van der Waals surface area contributed by atoms with E-state index < -0.39 is 0 Å². The molecule has 63 heavy (non-hydrogen) atoms. The van der Waals surface area contributed by atoms with E-state index in [0.717, 1.165) is 40.8 Å². The predicted molar refractivity (Wildman–Crippen MR) is 266 cm³/mol. The van der Waals surface area contributed by atoms with E-state index in [2.05, 4.69) is 136 Å². The highest BCUT2D eigenvalue weighted by molar-refractivity contribution is 5.39. The summed E-state index contributed by atoms with van der Waals surface area (Å²) in [4.78, 5) is 8.48. The third-order valence-corrected chi connectivity index (χ3v) is 10.4. The van der Waals surface area contributed by atoms with Gasteiger partial charge in [0.2, 0.25) is 5.88 Å². The molecule has 7 rings (SSSR count). The zero-order valence-corrected chi connectivity index (χ0v) is 39.6. The molecule has 1 aliphatic rings. The van der Waals surface area contributed by atoms with E-state index in [4.69, 9.17) is 9.47 Å². The monoisotopic (exact) mass is 860 g/mol. The molecule has 0 N–H and O–H groups in total. The summed E-state index contributed by atoms with van der Waals surface area (Å²) in [7, 11) is 1.77. The lowest BCUT2D eigenvalue weighted by Gasteiger charge is -2.23. The number of benzene rings is 3. The van der Waals surface area contributed by atoms with Gasteiger partial charge in [-0.25, -0.2) is 4.98 Å². The first kappa shape index (κ1) is 53.9. The lowest BCUT2D eigenvalue weighted by Crippen LogP contribution is -2.25. The third kappa shape index (κ3) is 16.7. The molecule has 3 aromatic heterocycles. The van der Waals surface area contributed by atoms with E-state index in [1.54, 1.807) is 11.9 Å². The van der Waals surface area contributed by atoms with E-state index in [1.165, 1.54) is 48.3 Å². The van der Waals surface area contributed by atoms with Crippen LogP contribution in [0.25, 0.3) is 5.69 Å². The van der Waals surface area contributed by atoms with Gasteiger partial charge in [-0.15, -0.1) is 0 Å². The van der Waals surface area contributed by atoms with Crippen molar-refractivity contribution >= 4 is 0 Å². The summed E-state index contributed by atoms with van der Waals surface area (Å²) in [6, 6.07) is 32.4. The van der Waals surface area contributed by atoms with Crippen LogP contribution in [0.15, 0.2) is 103 Å². The smallest absolute Gasteiger partial charge is 0.219 e. The minimum Gasteiger partial charge on any atom is -0.496 e. The second-order valence-electron chi connectivity index (χ2n) is 18.1. The van der Waals surface area contributed by atoms with Gasteiger partial charge in [0, 0.05) is 30.1 Å². The van der Waals surface area contributed by atoms with Crippen molar-refractivity contribution in [1.82, 2.24) is 34.7 Å². The summed E-state index contributed by atoms with van der Waals surface area (Å²) in [5, 5.41) is 13.4. The van der Waals surface area contributed by atoms with E-state index >= 15 is 0 Å². The van der Waals surface area contributed by atoms with Gasteiger partial charge in [-0.1, -0.05) is 125 Å². The van der Waals surface area contributed by atoms with Crippen molar-refractivity contribution in [3.63, 3.8) is 0 Å². The number of ether oxygens (including phenoxy) is 2. The van der Waals surface area contributed by atoms with Crippen molar-refractivity contribution in [2.75, 3.05) is 20.2 Å². The Labute approximate surface area is 382 Å². The maximum atomic E-state index is 5.60. The molecule has 1 aliphatic heterocycles. The zero-order chi connectivity index (χ0) is 44.7. The van der Waals surface area contributed by atoms with Gasteiger partial charge < -0.3 is 9.47 Å². The molecular weight excluding hydrogens is 779 g/mol. The first-order valence-corrected chi connectivity index (χ1v) is 22.1. The second-order valence-corrected chi connectivity index (χ2v) is 18.1. The van der Waals surface area contributed by atoms with Crippen molar-refractivity contribution in [1.29, 1.82) is 0 Å². The Morgan fingerprint density at radius 3 is 1.71 bits per heavy atom. The molecule has 0 aliphatic carbocycles. The summed E-state index contributed by atoms with van der Waals surface area (Å²) in [5.41, 5.74) is 9.50. The Balaban J connectivity index is 0.000000287. The number of methoxy groups -OCH3 is 1. The van der Waals surface area contributed by atoms with Crippen molar-refractivity contribution in [2.24, 2.45) is 0 Å². The van der Waals surface area contributed by atoms with Crippen LogP contribution in [0.4, 0.5) is 0 Å². The number of likely N-dealkylation sites (tertiary alicyclic amines) is 1. The molecule has 6 aromatic rings. The number of rotatable bonds is 10.